The molecule has 2 unspecified atom stereocenters. The summed E-state index contributed by atoms with van der Waals surface area (Å²) in [5.41, 5.74) is 6.10. The highest BCUT2D eigenvalue weighted by atomic mass is 16.5. The summed E-state index contributed by atoms with van der Waals surface area (Å²) in [4.78, 5) is 23.0. The number of nitrogens with one attached hydrogen (secondary N) is 1. The van der Waals surface area contributed by atoms with Gasteiger partial charge in [0.15, 0.2) is 0 Å². The molecule has 7 nitrogen and oxygen atoms in total. The monoisotopic (exact) mass is 418 g/mol. The molecular weight excluding hydrogens is 392 g/mol. The number of H-pyrrole nitrogens is 1. The first kappa shape index (κ1) is 18.8. The van der Waals surface area contributed by atoms with Gasteiger partial charge in [-0.3, -0.25) is 4.79 Å². The van der Waals surface area contributed by atoms with Crippen molar-refractivity contribution in [2.24, 2.45) is 7.05 Å². The molecule has 1 saturated heterocycles. The van der Waals surface area contributed by atoms with Crippen LogP contribution < -0.4 is 0 Å². The van der Waals surface area contributed by atoms with Crippen LogP contribution in [0.15, 0.2) is 36.7 Å². The molecule has 0 spiro atoms. The Kier molecular flexibility index (Phi) is 4.13. The van der Waals surface area contributed by atoms with E-state index in [2.05, 4.69) is 46.0 Å². The topological polar surface area (TPSA) is 72.4 Å². The van der Waals surface area contributed by atoms with E-state index in [1.165, 1.54) is 16.8 Å². The SMILES string of the molecule is COC12C=CCc3c(c(-c4cc5c(C(=O)N6CCOCC6)ccnc5[nH]4)cn3C)C1C2. The molecule has 1 N–H and O–H groups in total. The third kappa shape index (κ3) is 2.80. The van der Waals surface area contributed by atoms with Gasteiger partial charge in [-0.1, -0.05) is 12.2 Å². The highest BCUT2D eigenvalue weighted by Gasteiger charge is 2.56. The van der Waals surface area contributed by atoms with E-state index in [0.717, 1.165) is 29.6 Å². The van der Waals surface area contributed by atoms with Gasteiger partial charge < -0.3 is 23.9 Å². The lowest BCUT2D eigenvalue weighted by atomic mass is 10.0. The number of hydrogen-bond donors (Lipinski definition) is 1. The lowest BCUT2D eigenvalue weighted by Gasteiger charge is -2.27. The number of nitrogens with zero attached hydrogens (tertiary/aromatic N) is 3. The second-order valence-corrected chi connectivity index (χ2v) is 8.74. The Labute approximate surface area is 180 Å². The van der Waals surface area contributed by atoms with Gasteiger partial charge in [0, 0.05) is 74.3 Å². The van der Waals surface area contributed by atoms with Crippen molar-refractivity contribution in [2.75, 3.05) is 33.4 Å². The third-order valence-corrected chi connectivity index (χ3v) is 7.09. The molecule has 160 valence electrons. The fourth-order valence-corrected chi connectivity index (χ4v) is 5.29. The normalized spacial score (nSPS) is 24.7. The van der Waals surface area contributed by atoms with Gasteiger partial charge in [0.1, 0.15) is 5.65 Å². The summed E-state index contributed by atoms with van der Waals surface area (Å²) in [6.07, 6.45) is 10.3. The van der Waals surface area contributed by atoms with E-state index in [0.29, 0.717) is 37.8 Å². The number of hydrogen-bond acceptors (Lipinski definition) is 4. The molecule has 2 atom stereocenters. The molecule has 0 aromatic carbocycles. The van der Waals surface area contributed by atoms with E-state index in [9.17, 15) is 4.79 Å². The number of aromatic nitrogens is 3. The highest BCUT2D eigenvalue weighted by molar-refractivity contribution is 6.06. The fourth-order valence-electron chi connectivity index (χ4n) is 5.29. The van der Waals surface area contributed by atoms with Crippen molar-refractivity contribution in [2.45, 2.75) is 24.4 Å². The summed E-state index contributed by atoms with van der Waals surface area (Å²) in [7, 11) is 3.90. The Balaban J connectivity index is 1.44. The number of pyridine rings is 1. The van der Waals surface area contributed by atoms with E-state index >= 15 is 0 Å². The first-order chi connectivity index (χ1) is 15.1. The molecule has 2 fully saturated rings. The fraction of sp³-hybridized carbons (Fsp3) is 0.417. The Bertz CT molecular complexity index is 1220. The zero-order valence-corrected chi connectivity index (χ0v) is 17.9. The van der Waals surface area contributed by atoms with E-state index in [1.807, 2.05) is 11.0 Å². The summed E-state index contributed by atoms with van der Waals surface area (Å²) in [6, 6.07) is 3.91. The van der Waals surface area contributed by atoms with Crippen molar-refractivity contribution in [1.29, 1.82) is 0 Å². The largest absolute Gasteiger partial charge is 0.378 e. The van der Waals surface area contributed by atoms with E-state index < -0.39 is 0 Å². The Morgan fingerprint density at radius 2 is 2.19 bits per heavy atom. The number of carbonyl (C=O) groups is 1. The number of carbonyl (C=O) groups excluding carboxylic acids is 1. The highest BCUT2D eigenvalue weighted by Crippen LogP contribution is 2.59. The molecule has 1 saturated carbocycles. The average Bonchev–Trinajstić information content (AvgIpc) is 3.23. The predicted molar refractivity (Wildman–Crippen MR) is 117 cm³/mol. The number of rotatable bonds is 3. The summed E-state index contributed by atoms with van der Waals surface area (Å²) in [5, 5.41) is 0.868. The number of aryl methyl sites for hydroxylation is 1. The van der Waals surface area contributed by atoms with Crippen LogP contribution in [0.2, 0.25) is 0 Å². The van der Waals surface area contributed by atoms with Crippen LogP contribution in [-0.4, -0.2) is 64.4 Å². The third-order valence-electron chi connectivity index (χ3n) is 7.09. The minimum Gasteiger partial charge on any atom is -0.378 e. The van der Waals surface area contributed by atoms with Crippen LogP contribution in [0.3, 0.4) is 0 Å². The van der Waals surface area contributed by atoms with Crippen molar-refractivity contribution in [3.63, 3.8) is 0 Å². The Hall–Kier alpha value is -2.90. The van der Waals surface area contributed by atoms with Gasteiger partial charge >= 0.3 is 0 Å². The first-order valence-corrected chi connectivity index (χ1v) is 10.9. The van der Waals surface area contributed by atoms with E-state index in [1.54, 1.807) is 13.3 Å². The molecule has 3 aliphatic rings. The van der Waals surface area contributed by atoms with E-state index in [-0.39, 0.29) is 11.5 Å². The summed E-state index contributed by atoms with van der Waals surface area (Å²) < 4.78 is 13.5. The van der Waals surface area contributed by atoms with Crippen LogP contribution >= 0.6 is 0 Å². The molecule has 3 aromatic rings. The zero-order valence-electron chi connectivity index (χ0n) is 17.9. The molecule has 4 heterocycles. The number of aromatic amines is 1. The van der Waals surface area contributed by atoms with Crippen molar-refractivity contribution in [3.8, 4) is 11.3 Å². The maximum atomic E-state index is 13.2. The van der Waals surface area contributed by atoms with Gasteiger partial charge in [0.05, 0.1) is 24.4 Å². The number of amides is 1. The number of allylic oxidation sites excluding steroid dienone is 1. The summed E-state index contributed by atoms with van der Waals surface area (Å²) in [5.74, 6) is 0.397. The lowest BCUT2D eigenvalue weighted by Crippen LogP contribution is -2.40. The standard InChI is InChI=1S/C24H26N4O3/c1-27-14-17(21-18-13-24(18,30-2)6-3-4-20(21)27)19-12-16-15(5-7-25-22(16)26-19)23(29)28-8-10-31-11-9-28/h3,5-7,12,14,18H,4,8-11,13H2,1-2H3,(H,25,26). The maximum Gasteiger partial charge on any atom is 0.254 e. The van der Waals surface area contributed by atoms with Crippen molar-refractivity contribution < 1.29 is 14.3 Å². The summed E-state index contributed by atoms with van der Waals surface area (Å²) in [6.45, 7) is 2.43. The molecule has 1 amide bonds. The number of ether oxygens (including phenoxy) is 2. The predicted octanol–water partition coefficient (Wildman–Crippen LogP) is 3.03. The Morgan fingerprint density at radius 1 is 1.35 bits per heavy atom. The molecule has 3 aromatic heterocycles. The molecule has 7 heteroatoms. The Morgan fingerprint density at radius 3 is 3.00 bits per heavy atom. The van der Waals surface area contributed by atoms with Crippen molar-refractivity contribution in [3.05, 3.63) is 53.5 Å². The molecule has 0 bridgehead atoms. The smallest absolute Gasteiger partial charge is 0.254 e. The van der Waals surface area contributed by atoms with E-state index in [4.69, 9.17) is 9.47 Å². The van der Waals surface area contributed by atoms with Crippen molar-refractivity contribution in [1.82, 2.24) is 19.4 Å². The molecule has 0 radical (unpaired) electrons. The minimum atomic E-state index is -0.178. The van der Waals surface area contributed by atoms with Gasteiger partial charge in [0.2, 0.25) is 0 Å². The second-order valence-electron chi connectivity index (χ2n) is 8.74. The second kappa shape index (κ2) is 6.80. The molecule has 6 rings (SSSR count). The van der Waals surface area contributed by atoms with Crippen LogP contribution in [0.5, 0.6) is 0 Å². The van der Waals surface area contributed by atoms with Crippen molar-refractivity contribution >= 4 is 16.9 Å². The van der Waals surface area contributed by atoms with Crippen LogP contribution in [-0.2, 0) is 22.9 Å². The van der Waals surface area contributed by atoms with Gasteiger partial charge in [0.25, 0.3) is 5.91 Å². The minimum absolute atomic E-state index is 0.0398. The summed E-state index contributed by atoms with van der Waals surface area (Å²) >= 11 is 0. The van der Waals surface area contributed by atoms with Crippen LogP contribution in [0.1, 0.15) is 34.0 Å². The zero-order chi connectivity index (χ0) is 21.2. The molecular formula is C24H26N4O3. The van der Waals surface area contributed by atoms with Gasteiger partial charge in [-0.2, -0.15) is 0 Å². The van der Waals surface area contributed by atoms with Crippen LogP contribution in [0, 0.1) is 0 Å². The van der Waals surface area contributed by atoms with Crippen LogP contribution in [0.4, 0.5) is 0 Å². The van der Waals surface area contributed by atoms with Gasteiger partial charge in [-0.25, -0.2) is 4.98 Å². The number of morpholine rings is 1. The van der Waals surface area contributed by atoms with Gasteiger partial charge in [-0.15, -0.1) is 0 Å². The lowest BCUT2D eigenvalue weighted by molar-refractivity contribution is 0.0304. The van der Waals surface area contributed by atoms with Gasteiger partial charge in [-0.05, 0) is 24.1 Å². The molecule has 31 heavy (non-hydrogen) atoms. The first-order valence-electron chi connectivity index (χ1n) is 10.9. The number of fused-ring (bicyclic) bond motifs is 4. The maximum absolute atomic E-state index is 13.2. The molecule has 1 aliphatic heterocycles. The number of methoxy groups -OCH3 is 1. The van der Waals surface area contributed by atoms with Crippen LogP contribution in [0.25, 0.3) is 22.3 Å². The molecule has 2 aliphatic carbocycles. The average molecular weight is 418 g/mol. The quantitative estimate of drug-likeness (QED) is 0.664.